The van der Waals surface area contributed by atoms with Gasteiger partial charge in [0.2, 0.25) is 0 Å². The lowest BCUT2D eigenvalue weighted by molar-refractivity contribution is 0.406. The summed E-state index contributed by atoms with van der Waals surface area (Å²) in [5.41, 5.74) is 1.97. The van der Waals surface area contributed by atoms with E-state index in [2.05, 4.69) is 5.32 Å². The largest absolute Gasteiger partial charge is 0.507 e. The molecule has 0 spiro atoms. The lowest BCUT2D eigenvalue weighted by Gasteiger charge is -2.12. The summed E-state index contributed by atoms with van der Waals surface area (Å²) in [7, 11) is 1.54. The molecule has 2 aromatic rings. The molecule has 0 radical (unpaired) electrons. The summed E-state index contributed by atoms with van der Waals surface area (Å²) in [5, 5.41) is 12.8. The van der Waals surface area contributed by atoms with Crippen molar-refractivity contribution in [1.29, 1.82) is 0 Å². The maximum absolute atomic E-state index is 13.6. The molecular formula is C15H16FNO2. The van der Waals surface area contributed by atoms with Gasteiger partial charge in [-0.1, -0.05) is 12.1 Å². The van der Waals surface area contributed by atoms with Crippen LogP contribution in [-0.2, 0) is 6.54 Å². The summed E-state index contributed by atoms with van der Waals surface area (Å²) < 4.78 is 18.6. The molecular weight excluding hydrogens is 245 g/mol. The maximum Gasteiger partial charge on any atom is 0.146 e. The molecule has 2 N–H and O–H groups in total. The molecule has 0 heterocycles. The molecule has 0 aromatic heterocycles. The van der Waals surface area contributed by atoms with Gasteiger partial charge in [0.1, 0.15) is 17.3 Å². The van der Waals surface area contributed by atoms with Gasteiger partial charge in [0.15, 0.2) is 0 Å². The number of anilines is 1. The molecule has 3 nitrogen and oxygen atoms in total. The van der Waals surface area contributed by atoms with Crippen LogP contribution in [0.15, 0.2) is 36.4 Å². The number of aryl methyl sites for hydroxylation is 1. The minimum absolute atomic E-state index is 0.126. The average molecular weight is 261 g/mol. The Bertz CT molecular complexity index is 564. The highest BCUT2D eigenvalue weighted by Crippen LogP contribution is 2.25. The number of ether oxygens (including phenoxy) is 1. The normalized spacial score (nSPS) is 10.3. The van der Waals surface area contributed by atoms with Crippen molar-refractivity contribution in [1.82, 2.24) is 0 Å². The molecule has 2 aromatic carbocycles. The Balaban J connectivity index is 2.15. The number of hydrogen-bond donors (Lipinski definition) is 2. The van der Waals surface area contributed by atoms with Crippen molar-refractivity contribution < 1.29 is 14.2 Å². The van der Waals surface area contributed by atoms with E-state index in [9.17, 15) is 9.50 Å². The van der Waals surface area contributed by atoms with E-state index in [4.69, 9.17) is 4.74 Å². The van der Waals surface area contributed by atoms with Crippen LogP contribution >= 0.6 is 0 Å². The predicted molar refractivity (Wildman–Crippen MR) is 73.1 cm³/mol. The van der Waals surface area contributed by atoms with E-state index < -0.39 is 0 Å². The second kappa shape index (κ2) is 5.61. The zero-order valence-electron chi connectivity index (χ0n) is 10.9. The third-order valence-electron chi connectivity index (χ3n) is 2.97. The van der Waals surface area contributed by atoms with E-state index in [0.717, 1.165) is 5.56 Å². The van der Waals surface area contributed by atoms with Gasteiger partial charge in [0, 0.05) is 18.2 Å². The van der Waals surface area contributed by atoms with Crippen LogP contribution in [0.25, 0.3) is 0 Å². The molecule has 0 aliphatic carbocycles. The minimum Gasteiger partial charge on any atom is -0.507 e. The number of nitrogens with one attached hydrogen (secondary N) is 1. The van der Waals surface area contributed by atoms with Crippen LogP contribution in [0, 0.1) is 12.7 Å². The summed E-state index contributed by atoms with van der Waals surface area (Å²) in [6, 6.07) is 9.94. The first kappa shape index (κ1) is 13.2. The van der Waals surface area contributed by atoms with E-state index in [1.54, 1.807) is 18.2 Å². The Labute approximate surface area is 111 Å². The van der Waals surface area contributed by atoms with E-state index in [1.165, 1.54) is 19.2 Å². The fourth-order valence-corrected chi connectivity index (χ4v) is 1.86. The zero-order chi connectivity index (χ0) is 13.8. The maximum atomic E-state index is 13.6. The molecule has 0 saturated carbocycles. The number of para-hydroxylation sites is 1. The number of phenolic OH excluding ortho intramolecular Hbond substituents is 1. The molecule has 0 unspecified atom stereocenters. The first-order valence-electron chi connectivity index (χ1n) is 5.96. The minimum atomic E-state index is -0.298. The van der Waals surface area contributed by atoms with Gasteiger partial charge < -0.3 is 15.2 Å². The molecule has 0 amide bonds. The summed E-state index contributed by atoms with van der Waals surface area (Å²) >= 11 is 0. The third kappa shape index (κ3) is 2.96. The molecule has 0 bridgehead atoms. The molecule has 0 fully saturated rings. The second-order valence-electron chi connectivity index (χ2n) is 4.28. The Kier molecular flexibility index (Phi) is 3.90. The Morgan fingerprint density at radius 3 is 2.68 bits per heavy atom. The van der Waals surface area contributed by atoms with Crippen molar-refractivity contribution >= 4 is 5.69 Å². The van der Waals surface area contributed by atoms with Gasteiger partial charge in [-0.25, -0.2) is 4.39 Å². The number of hydrogen-bond acceptors (Lipinski definition) is 3. The summed E-state index contributed by atoms with van der Waals surface area (Å²) in [6.07, 6.45) is 0. The number of halogens is 1. The summed E-state index contributed by atoms with van der Waals surface area (Å²) in [6.45, 7) is 2.18. The quantitative estimate of drug-likeness (QED) is 0.885. The van der Waals surface area contributed by atoms with E-state index in [1.807, 2.05) is 13.0 Å². The van der Waals surface area contributed by atoms with Crippen LogP contribution in [-0.4, -0.2) is 12.2 Å². The summed E-state index contributed by atoms with van der Waals surface area (Å²) in [4.78, 5) is 0. The van der Waals surface area contributed by atoms with Crippen molar-refractivity contribution in [2.45, 2.75) is 13.5 Å². The lowest BCUT2D eigenvalue weighted by Crippen LogP contribution is -2.03. The smallest absolute Gasteiger partial charge is 0.146 e. The Morgan fingerprint density at radius 2 is 2.05 bits per heavy atom. The van der Waals surface area contributed by atoms with Crippen molar-refractivity contribution in [3.63, 3.8) is 0 Å². The SMILES string of the molecule is COc1ccc(CNc2c(C)cccc2F)c(O)c1. The molecule has 0 aliphatic heterocycles. The number of methoxy groups -OCH3 is 1. The van der Waals surface area contributed by atoms with Crippen LogP contribution in [0.5, 0.6) is 11.5 Å². The first-order chi connectivity index (χ1) is 9.11. The van der Waals surface area contributed by atoms with Crippen molar-refractivity contribution in [2.24, 2.45) is 0 Å². The first-order valence-corrected chi connectivity index (χ1v) is 5.96. The molecule has 0 atom stereocenters. The lowest BCUT2D eigenvalue weighted by atomic mass is 10.1. The highest BCUT2D eigenvalue weighted by molar-refractivity contribution is 5.53. The molecule has 4 heteroatoms. The topological polar surface area (TPSA) is 41.5 Å². The average Bonchev–Trinajstić information content (AvgIpc) is 2.39. The third-order valence-corrected chi connectivity index (χ3v) is 2.97. The van der Waals surface area contributed by atoms with Gasteiger partial charge in [-0.15, -0.1) is 0 Å². The monoisotopic (exact) mass is 261 g/mol. The second-order valence-corrected chi connectivity index (χ2v) is 4.28. The highest BCUT2D eigenvalue weighted by Gasteiger charge is 2.07. The van der Waals surface area contributed by atoms with Gasteiger partial charge in [-0.3, -0.25) is 0 Å². The standard InChI is InChI=1S/C15H16FNO2/c1-10-4-3-5-13(16)15(10)17-9-11-6-7-12(19-2)8-14(11)18/h3-8,17-18H,9H2,1-2H3. The number of phenols is 1. The van der Waals surface area contributed by atoms with Gasteiger partial charge in [-0.05, 0) is 30.7 Å². The molecule has 2 rings (SSSR count). The van der Waals surface area contributed by atoms with Crippen LogP contribution in [0.3, 0.4) is 0 Å². The van der Waals surface area contributed by atoms with Crippen molar-refractivity contribution in [2.75, 3.05) is 12.4 Å². The Hall–Kier alpha value is -2.23. The highest BCUT2D eigenvalue weighted by atomic mass is 19.1. The summed E-state index contributed by atoms with van der Waals surface area (Å²) in [5.74, 6) is 0.414. The number of benzene rings is 2. The molecule has 0 saturated heterocycles. The van der Waals surface area contributed by atoms with Gasteiger partial charge in [0.05, 0.1) is 12.8 Å². The van der Waals surface area contributed by atoms with E-state index in [0.29, 0.717) is 23.5 Å². The number of aromatic hydroxyl groups is 1. The number of rotatable bonds is 4. The fraction of sp³-hybridized carbons (Fsp3) is 0.200. The van der Waals surface area contributed by atoms with Gasteiger partial charge in [-0.2, -0.15) is 0 Å². The van der Waals surface area contributed by atoms with Gasteiger partial charge in [0.25, 0.3) is 0 Å². The van der Waals surface area contributed by atoms with Crippen LogP contribution < -0.4 is 10.1 Å². The van der Waals surface area contributed by atoms with Crippen molar-refractivity contribution in [3.8, 4) is 11.5 Å². The van der Waals surface area contributed by atoms with Gasteiger partial charge >= 0.3 is 0 Å². The van der Waals surface area contributed by atoms with Crippen LogP contribution in [0.4, 0.5) is 10.1 Å². The predicted octanol–water partition coefficient (Wildman–Crippen LogP) is 3.46. The van der Waals surface area contributed by atoms with E-state index in [-0.39, 0.29) is 11.6 Å². The van der Waals surface area contributed by atoms with Crippen LogP contribution in [0.2, 0.25) is 0 Å². The van der Waals surface area contributed by atoms with Crippen LogP contribution in [0.1, 0.15) is 11.1 Å². The molecule has 19 heavy (non-hydrogen) atoms. The Morgan fingerprint density at radius 1 is 1.26 bits per heavy atom. The van der Waals surface area contributed by atoms with E-state index >= 15 is 0 Å². The fourth-order valence-electron chi connectivity index (χ4n) is 1.86. The molecule has 100 valence electrons. The zero-order valence-corrected chi connectivity index (χ0v) is 10.9. The molecule has 0 aliphatic rings. The van der Waals surface area contributed by atoms with Crippen molar-refractivity contribution in [3.05, 3.63) is 53.3 Å².